The van der Waals surface area contributed by atoms with Gasteiger partial charge in [-0.25, -0.2) is 8.78 Å². The van der Waals surface area contributed by atoms with Crippen LogP contribution in [0.4, 0.5) is 8.78 Å². The number of amides is 1. The number of halogens is 2. The predicted octanol–water partition coefficient (Wildman–Crippen LogP) is 3.93. The highest BCUT2D eigenvalue weighted by Crippen LogP contribution is 2.38. The van der Waals surface area contributed by atoms with E-state index in [0.29, 0.717) is 0 Å². The van der Waals surface area contributed by atoms with Gasteiger partial charge in [-0.15, -0.1) is 18.2 Å². The van der Waals surface area contributed by atoms with Crippen LogP contribution in [-0.4, -0.2) is 17.7 Å². The van der Waals surface area contributed by atoms with Crippen LogP contribution in [0.2, 0.25) is 0 Å². The van der Waals surface area contributed by atoms with Gasteiger partial charge in [0.15, 0.2) is 0 Å². The Labute approximate surface area is 144 Å². The lowest BCUT2D eigenvalue weighted by atomic mass is 10.0. The molecule has 2 aromatic carbocycles. The standard InChI is InChI=1S/C19H17F2NOS/c1-3-12-22-19(23)13(2)24-18(14-4-8-16(20)9-5-14)15-6-10-17(21)11-7-15/h1,4-11,13,18H,12H2,2H3,(H,22,23). The van der Waals surface area contributed by atoms with E-state index in [1.165, 1.54) is 36.0 Å². The summed E-state index contributed by atoms with van der Waals surface area (Å²) in [6, 6.07) is 12.2. The second kappa shape index (κ2) is 8.51. The number of carbonyl (C=O) groups excluding carboxylic acids is 1. The van der Waals surface area contributed by atoms with Gasteiger partial charge in [-0.1, -0.05) is 30.2 Å². The second-order valence-electron chi connectivity index (χ2n) is 5.18. The molecule has 0 bridgehead atoms. The quantitative estimate of drug-likeness (QED) is 0.804. The maximum Gasteiger partial charge on any atom is 0.233 e. The number of hydrogen-bond donors (Lipinski definition) is 1. The first-order valence-electron chi connectivity index (χ1n) is 7.39. The molecule has 0 aliphatic carbocycles. The Bertz CT molecular complexity index is 677. The molecule has 0 heterocycles. The van der Waals surface area contributed by atoms with Crippen LogP contribution in [0.25, 0.3) is 0 Å². The number of benzene rings is 2. The van der Waals surface area contributed by atoms with Gasteiger partial charge in [-0.05, 0) is 42.3 Å². The molecule has 0 fully saturated rings. The molecule has 1 N–H and O–H groups in total. The average Bonchev–Trinajstić information content (AvgIpc) is 2.59. The van der Waals surface area contributed by atoms with E-state index in [2.05, 4.69) is 11.2 Å². The second-order valence-corrected chi connectivity index (χ2v) is 6.63. The Morgan fingerprint density at radius 1 is 1.08 bits per heavy atom. The molecule has 2 nitrogen and oxygen atoms in total. The lowest BCUT2D eigenvalue weighted by molar-refractivity contribution is -0.120. The molecule has 0 saturated heterocycles. The first-order valence-corrected chi connectivity index (χ1v) is 8.33. The van der Waals surface area contributed by atoms with E-state index in [4.69, 9.17) is 6.42 Å². The Kier molecular flexibility index (Phi) is 6.39. The van der Waals surface area contributed by atoms with E-state index < -0.39 is 0 Å². The highest BCUT2D eigenvalue weighted by Gasteiger charge is 2.22. The Morgan fingerprint density at radius 2 is 1.54 bits per heavy atom. The van der Waals surface area contributed by atoms with Crippen LogP contribution >= 0.6 is 11.8 Å². The van der Waals surface area contributed by atoms with E-state index in [0.717, 1.165) is 11.1 Å². The Hall–Kier alpha value is -2.32. The predicted molar refractivity (Wildman–Crippen MR) is 93.5 cm³/mol. The summed E-state index contributed by atoms with van der Waals surface area (Å²) in [5.74, 6) is 1.52. The van der Waals surface area contributed by atoms with Crippen molar-refractivity contribution in [3.8, 4) is 12.3 Å². The monoisotopic (exact) mass is 345 g/mol. The topological polar surface area (TPSA) is 29.1 Å². The molecule has 0 radical (unpaired) electrons. The molecule has 2 rings (SSSR count). The van der Waals surface area contributed by atoms with Crippen LogP contribution in [0.3, 0.4) is 0 Å². The molecule has 0 aromatic heterocycles. The van der Waals surface area contributed by atoms with E-state index in [1.54, 1.807) is 31.2 Å². The average molecular weight is 345 g/mol. The Balaban J connectivity index is 2.26. The summed E-state index contributed by atoms with van der Waals surface area (Å²) in [7, 11) is 0. The maximum absolute atomic E-state index is 13.2. The molecule has 1 unspecified atom stereocenters. The van der Waals surface area contributed by atoms with E-state index in [-0.39, 0.29) is 34.6 Å². The zero-order chi connectivity index (χ0) is 17.5. The number of carbonyl (C=O) groups is 1. The first kappa shape index (κ1) is 18.0. The van der Waals surface area contributed by atoms with Crippen molar-refractivity contribution in [1.82, 2.24) is 5.32 Å². The SMILES string of the molecule is C#CCNC(=O)C(C)SC(c1ccc(F)cc1)c1ccc(F)cc1. The minimum Gasteiger partial charge on any atom is -0.344 e. The van der Waals surface area contributed by atoms with E-state index in [1.807, 2.05) is 0 Å². The third-order valence-corrected chi connectivity index (χ3v) is 4.86. The molecule has 0 saturated carbocycles. The summed E-state index contributed by atoms with van der Waals surface area (Å²) in [6.07, 6.45) is 5.15. The van der Waals surface area contributed by atoms with Gasteiger partial charge in [0, 0.05) is 0 Å². The van der Waals surface area contributed by atoms with Gasteiger partial charge in [0.1, 0.15) is 11.6 Å². The molecule has 2 aromatic rings. The number of rotatable bonds is 6. The molecule has 0 aliphatic rings. The van der Waals surface area contributed by atoms with Gasteiger partial charge in [0.2, 0.25) is 5.91 Å². The first-order chi connectivity index (χ1) is 11.5. The highest BCUT2D eigenvalue weighted by atomic mass is 32.2. The maximum atomic E-state index is 13.2. The van der Waals surface area contributed by atoms with Crippen molar-refractivity contribution in [3.05, 3.63) is 71.3 Å². The number of terminal acetylenes is 1. The van der Waals surface area contributed by atoms with Crippen LogP contribution in [0.5, 0.6) is 0 Å². The zero-order valence-corrected chi connectivity index (χ0v) is 13.9. The fraction of sp³-hybridized carbons (Fsp3) is 0.211. The van der Waals surface area contributed by atoms with Gasteiger partial charge >= 0.3 is 0 Å². The fourth-order valence-electron chi connectivity index (χ4n) is 2.17. The number of hydrogen-bond acceptors (Lipinski definition) is 2. The van der Waals surface area contributed by atoms with Crippen molar-refractivity contribution >= 4 is 17.7 Å². The number of thioether (sulfide) groups is 1. The van der Waals surface area contributed by atoms with Gasteiger partial charge in [0.05, 0.1) is 17.0 Å². The van der Waals surface area contributed by atoms with Gasteiger partial charge in [0.25, 0.3) is 0 Å². The summed E-state index contributed by atoms with van der Waals surface area (Å²) in [6.45, 7) is 1.94. The molecule has 5 heteroatoms. The molecule has 124 valence electrons. The normalized spacial score (nSPS) is 11.8. The minimum absolute atomic E-state index is 0.168. The van der Waals surface area contributed by atoms with E-state index in [9.17, 15) is 13.6 Å². The summed E-state index contributed by atoms with van der Waals surface area (Å²) in [5, 5.41) is 2.04. The third kappa shape index (κ3) is 4.84. The van der Waals surface area contributed by atoms with Crippen LogP contribution in [0, 0.1) is 24.0 Å². The highest BCUT2D eigenvalue weighted by molar-refractivity contribution is 8.01. The minimum atomic E-state index is -0.376. The van der Waals surface area contributed by atoms with Crippen LogP contribution in [0.15, 0.2) is 48.5 Å². The lowest BCUT2D eigenvalue weighted by Crippen LogP contribution is -2.31. The molecular formula is C19H17F2NOS. The van der Waals surface area contributed by atoms with Crippen LogP contribution in [-0.2, 0) is 4.79 Å². The summed E-state index contributed by atoms with van der Waals surface area (Å²) < 4.78 is 26.4. The van der Waals surface area contributed by atoms with E-state index >= 15 is 0 Å². The Morgan fingerprint density at radius 3 is 1.96 bits per heavy atom. The summed E-state index contributed by atoms with van der Waals surface area (Å²) >= 11 is 1.40. The molecule has 0 spiro atoms. The van der Waals surface area contributed by atoms with Crippen LogP contribution < -0.4 is 5.32 Å². The van der Waals surface area contributed by atoms with Crippen LogP contribution in [0.1, 0.15) is 23.3 Å². The van der Waals surface area contributed by atoms with Gasteiger partial charge in [-0.3, -0.25) is 4.79 Å². The lowest BCUT2D eigenvalue weighted by Gasteiger charge is -2.21. The summed E-state index contributed by atoms with van der Waals surface area (Å²) in [4.78, 5) is 12.1. The smallest absolute Gasteiger partial charge is 0.233 e. The van der Waals surface area contributed by atoms with Gasteiger partial charge < -0.3 is 5.32 Å². The zero-order valence-electron chi connectivity index (χ0n) is 13.1. The fourth-order valence-corrected chi connectivity index (χ4v) is 3.42. The molecule has 24 heavy (non-hydrogen) atoms. The van der Waals surface area contributed by atoms with Crippen molar-refractivity contribution in [2.45, 2.75) is 17.4 Å². The van der Waals surface area contributed by atoms with Crippen molar-refractivity contribution < 1.29 is 13.6 Å². The largest absolute Gasteiger partial charge is 0.344 e. The summed E-state index contributed by atoms with van der Waals surface area (Å²) in [5.41, 5.74) is 1.68. The molecule has 0 aliphatic heterocycles. The number of nitrogens with one attached hydrogen (secondary N) is 1. The third-order valence-electron chi connectivity index (χ3n) is 3.42. The molecular weight excluding hydrogens is 328 g/mol. The van der Waals surface area contributed by atoms with Crippen molar-refractivity contribution in [2.24, 2.45) is 0 Å². The van der Waals surface area contributed by atoms with Crippen molar-refractivity contribution in [1.29, 1.82) is 0 Å². The van der Waals surface area contributed by atoms with Gasteiger partial charge in [-0.2, -0.15) is 0 Å². The molecule has 1 atom stereocenters. The van der Waals surface area contributed by atoms with Crippen molar-refractivity contribution in [2.75, 3.05) is 6.54 Å². The van der Waals surface area contributed by atoms with Crippen molar-refractivity contribution in [3.63, 3.8) is 0 Å². The molecule has 1 amide bonds.